The number of aryl methyl sites for hydroxylation is 1. The van der Waals surface area contributed by atoms with Crippen molar-refractivity contribution in [3.8, 4) is 5.75 Å². The molecule has 0 saturated heterocycles. The Morgan fingerprint density at radius 3 is 2.50 bits per heavy atom. The Labute approximate surface area is 122 Å². The number of ether oxygens (including phenoxy) is 1. The topological polar surface area (TPSA) is 35.2 Å². The summed E-state index contributed by atoms with van der Waals surface area (Å²) in [5.74, 6) is 1.86. The summed E-state index contributed by atoms with van der Waals surface area (Å²) in [4.78, 5) is 0. The summed E-state index contributed by atoms with van der Waals surface area (Å²) in [6.45, 7) is 5.20. The number of rotatable bonds is 4. The molecule has 2 N–H and O–H groups in total. The number of hydrogen-bond donors (Lipinski definition) is 1. The van der Waals surface area contributed by atoms with E-state index in [2.05, 4.69) is 26.0 Å². The van der Waals surface area contributed by atoms with Crippen LogP contribution in [0, 0.1) is 19.8 Å². The minimum absolute atomic E-state index is 0.171. The van der Waals surface area contributed by atoms with Gasteiger partial charge in [0, 0.05) is 11.1 Å². The van der Waals surface area contributed by atoms with Crippen LogP contribution < -0.4 is 10.5 Å². The van der Waals surface area contributed by atoms with Gasteiger partial charge in [0.1, 0.15) is 5.75 Å². The van der Waals surface area contributed by atoms with Crippen LogP contribution in [-0.4, -0.2) is 6.61 Å². The quantitative estimate of drug-likeness (QED) is 0.892. The fourth-order valence-corrected chi connectivity index (χ4v) is 3.31. The highest BCUT2D eigenvalue weighted by molar-refractivity contribution is 5.48. The van der Waals surface area contributed by atoms with Crippen LogP contribution in [0.1, 0.15) is 61.6 Å². The third kappa shape index (κ3) is 2.71. The van der Waals surface area contributed by atoms with E-state index in [1.807, 2.05) is 0 Å². The van der Waals surface area contributed by atoms with Gasteiger partial charge in [-0.1, -0.05) is 31.4 Å². The van der Waals surface area contributed by atoms with E-state index in [9.17, 15) is 0 Å². The molecule has 1 aromatic carbocycles. The molecule has 110 valence electrons. The molecule has 0 atom stereocenters. The van der Waals surface area contributed by atoms with E-state index in [1.165, 1.54) is 48.8 Å². The van der Waals surface area contributed by atoms with Gasteiger partial charge < -0.3 is 10.5 Å². The summed E-state index contributed by atoms with van der Waals surface area (Å²) in [7, 11) is 0. The monoisotopic (exact) mass is 273 g/mol. The fourth-order valence-electron chi connectivity index (χ4n) is 3.31. The molecule has 2 aliphatic rings. The fraction of sp³-hybridized carbons (Fsp3) is 0.667. The minimum atomic E-state index is -0.171. The van der Waals surface area contributed by atoms with Crippen molar-refractivity contribution >= 4 is 0 Å². The normalized spacial score (nSPS) is 21.8. The number of benzene rings is 1. The standard InChI is InChI=1S/C18H27NO/c1-13-6-9-16(18(19)10-4-3-5-11-18)17(14(13)2)20-12-15-7-8-15/h6,9,15H,3-5,7-8,10-12,19H2,1-2H3. The maximum absolute atomic E-state index is 6.74. The second-order valence-electron chi connectivity index (χ2n) is 6.86. The van der Waals surface area contributed by atoms with Gasteiger partial charge in [0.15, 0.2) is 0 Å². The van der Waals surface area contributed by atoms with E-state index in [0.29, 0.717) is 0 Å². The molecular formula is C18H27NO. The van der Waals surface area contributed by atoms with Crippen molar-refractivity contribution in [3.05, 3.63) is 28.8 Å². The predicted molar refractivity (Wildman–Crippen MR) is 83.1 cm³/mol. The SMILES string of the molecule is Cc1ccc(C2(N)CCCCC2)c(OCC2CC2)c1C. The van der Waals surface area contributed by atoms with Crippen molar-refractivity contribution in [1.82, 2.24) is 0 Å². The lowest BCUT2D eigenvalue weighted by molar-refractivity contribution is 0.261. The van der Waals surface area contributed by atoms with Gasteiger partial charge in [0.05, 0.1) is 6.61 Å². The first-order chi connectivity index (χ1) is 9.60. The van der Waals surface area contributed by atoms with Crippen molar-refractivity contribution in [2.45, 2.75) is 64.3 Å². The van der Waals surface area contributed by atoms with Crippen molar-refractivity contribution in [3.63, 3.8) is 0 Å². The Kier molecular flexibility index (Phi) is 3.76. The third-order valence-corrected chi connectivity index (χ3v) is 5.12. The highest BCUT2D eigenvalue weighted by Crippen LogP contribution is 2.42. The summed E-state index contributed by atoms with van der Waals surface area (Å²) >= 11 is 0. The van der Waals surface area contributed by atoms with Gasteiger partial charge in [-0.2, -0.15) is 0 Å². The summed E-state index contributed by atoms with van der Waals surface area (Å²) < 4.78 is 6.21. The molecule has 0 spiro atoms. The van der Waals surface area contributed by atoms with Gasteiger partial charge in [-0.3, -0.25) is 0 Å². The Morgan fingerprint density at radius 1 is 1.15 bits per heavy atom. The molecule has 2 fully saturated rings. The van der Waals surface area contributed by atoms with E-state index in [-0.39, 0.29) is 5.54 Å². The zero-order chi connectivity index (χ0) is 14.2. The van der Waals surface area contributed by atoms with E-state index >= 15 is 0 Å². The lowest BCUT2D eigenvalue weighted by atomic mass is 9.76. The highest BCUT2D eigenvalue weighted by Gasteiger charge is 2.33. The summed E-state index contributed by atoms with van der Waals surface area (Å²) in [6.07, 6.45) is 8.64. The number of nitrogens with two attached hydrogens (primary N) is 1. The molecule has 0 bridgehead atoms. The maximum atomic E-state index is 6.74. The molecule has 0 aliphatic heterocycles. The third-order valence-electron chi connectivity index (χ3n) is 5.12. The van der Waals surface area contributed by atoms with Crippen molar-refractivity contribution in [2.24, 2.45) is 11.7 Å². The Balaban J connectivity index is 1.92. The smallest absolute Gasteiger partial charge is 0.127 e. The van der Waals surface area contributed by atoms with Gasteiger partial charge in [-0.15, -0.1) is 0 Å². The maximum Gasteiger partial charge on any atom is 0.127 e. The van der Waals surface area contributed by atoms with E-state index < -0.39 is 0 Å². The van der Waals surface area contributed by atoms with Crippen LogP contribution in [0.4, 0.5) is 0 Å². The van der Waals surface area contributed by atoms with Gasteiger partial charge in [0.25, 0.3) is 0 Å². The average molecular weight is 273 g/mol. The summed E-state index contributed by atoms with van der Waals surface area (Å²) in [5, 5.41) is 0. The van der Waals surface area contributed by atoms with Crippen LogP contribution in [0.5, 0.6) is 5.75 Å². The molecule has 0 heterocycles. The average Bonchev–Trinajstić information content (AvgIpc) is 3.25. The van der Waals surface area contributed by atoms with Crippen LogP contribution in [0.25, 0.3) is 0 Å². The van der Waals surface area contributed by atoms with Crippen LogP contribution >= 0.6 is 0 Å². The zero-order valence-corrected chi connectivity index (χ0v) is 12.9. The van der Waals surface area contributed by atoms with Crippen LogP contribution in [-0.2, 0) is 5.54 Å². The Bertz CT molecular complexity index is 484. The van der Waals surface area contributed by atoms with E-state index in [0.717, 1.165) is 31.1 Å². The molecule has 2 heteroatoms. The molecule has 0 radical (unpaired) electrons. The first kappa shape index (κ1) is 13.9. The highest BCUT2D eigenvalue weighted by atomic mass is 16.5. The van der Waals surface area contributed by atoms with Crippen molar-refractivity contribution < 1.29 is 4.74 Å². The molecular weight excluding hydrogens is 246 g/mol. The molecule has 0 aromatic heterocycles. The Morgan fingerprint density at radius 2 is 1.85 bits per heavy atom. The Hall–Kier alpha value is -1.02. The minimum Gasteiger partial charge on any atom is -0.493 e. The first-order valence-corrected chi connectivity index (χ1v) is 8.12. The molecule has 3 rings (SSSR count). The molecule has 2 saturated carbocycles. The van der Waals surface area contributed by atoms with E-state index in [1.54, 1.807) is 0 Å². The van der Waals surface area contributed by atoms with Gasteiger partial charge in [-0.05, 0) is 56.6 Å². The zero-order valence-electron chi connectivity index (χ0n) is 12.9. The second-order valence-corrected chi connectivity index (χ2v) is 6.86. The largest absolute Gasteiger partial charge is 0.493 e. The molecule has 0 unspecified atom stereocenters. The van der Waals surface area contributed by atoms with Crippen molar-refractivity contribution in [2.75, 3.05) is 6.61 Å². The first-order valence-electron chi connectivity index (χ1n) is 8.12. The summed E-state index contributed by atoms with van der Waals surface area (Å²) in [5.41, 5.74) is 10.4. The summed E-state index contributed by atoms with van der Waals surface area (Å²) in [6, 6.07) is 4.42. The van der Waals surface area contributed by atoms with Gasteiger partial charge in [-0.25, -0.2) is 0 Å². The molecule has 2 nitrogen and oxygen atoms in total. The van der Waals surface area contributed by atoms with Gasteiger partial charge >= 0.3 is 0 Å². The van der Waals surface area contributed by atoms with Crippen LogP contribution in [0.15, 0.2) is 12.1 Å². The van der Waals surface area contributed by atoms with E-state index in [4.69, 9.17) is 10.5 Å². The molecule has 0 amide bonds. The molecule has 20 heavy (non-hydrogen) atoms. The molecule has 1 aromatic rings. The second kappa shape index (κ2) is 5.40. The lowest BCUT2D eigenvalue weighted by Crippen LogP contribution is -2.39. The predicted octanol–water partition coefficient (Wildman–Crippen LogP) is 4.21. The number of hydrogen-bond acceptors (Lipinski definition) is 2. The van der Waals surface area contributed by atoms with Crippen LogP contribution in [0.2, 0.25) is 0 Å². The molecule has 2 aliphatic carbocycles. The lowest BCUT2D eigenvalue weighted by Gasteiger charge is -2.36. The van der Waals surface area contributed by atoms with Crippen LogP contribution in [0.3, 0.4) is 0 Å². The van der Waals surface area contributed by atoms with Gasteiger partial charge in [0.2, 0.25) is 0 Å². The van der Waals surface area contributed by atoms with Crippen molar-refractivity contribution in [1.29, 1.82) is 0 Å².